The largest absolute Gasteiger partial charge is 0.491 e. The molecule has 41 heavy (non-hydrogen) atoms. The van der Waals surface area contributed by atoms with Gasteiger partial charge in [-0.05, 0) is 31.0 Å². The normalized spacial score (nSPS) is 17.8. The van der Waals surface area contributed by atoms with E-state index in [4.69, 9.17) is 10.5 Å². The molecule has 0 bridgehead atoms. The number of amides is 5. The zero-order valence-corrected chi connectivity index (χ0v) is 22.9. The van der Waals surface area contributed by atoms with E-state index < -0.39 is 29.6 Å². The van der Waals surface area contributed by atoms with Gasteiger partial charge in [-0.3, -0.25) is 28.4 Å². The zero-order chi connectivity index (χ0) is 29.4. The van der Waals surface area contributed by atoms with Crippen LogP contribution in [0.5, 0.6) is 5.75 Å². The summed E-state index contributed by atoms with van der Waals surface area (Å²) in [6.07, 6.45) is 3.60. The third-order valence-electron chi connectivity index (χ3n) is 6.28. The van der Waals surface area contributed by atoms with Gasteiger partial charge in [-0.15, -0.1) is 11.3 Å². The van der Waals surface area contributed by atoms with Crippen molar-refractivity contribution in [2.75, 3.05) is 32.8 Å². The second kappa shape index (κ2) is 13.7. The molecule has 0 saturated carbocycles. The lowest BCUT2D eigenvalue weighted by Crippen LogP contribution is -2.49. The van der Waals surface area contributed by atoms with E-state index in [0.717, 1.165) is 12.1 Å². The molecule has 13 nitrogen and oxygen atoms in total. The molecule has 5 amide bonds. The summed E-state index contributed by atoms with van der Waals surface area (Å²) in [6.45, 7) is 0.441. The zero-order valence-electron chi connectivity index (χ0n) is 22.1. The van der Waals surface area contributed by atoms with Crippen LogP contribution in [-0.2, 0) is 14.4 Å². The van der Waals surface area contributed by atoms with Crippen LogP contribution in [0.4, 0.5) is 4.39 Å². The fourth-order valence-corrected chi connectivity index (χ4v) is 4.91. The van der Waals surface area contributed by atoms with Crippen molar-refractivity contribution in [2.24, 2.45) is 5.73 Å². The Morgan fingerprint density at radius 3 is 2.78 bits per heavy atom. The summed E-state index contributed by atoms with van der Waals surface area (Å²) in [4.78, 5) is 69.7. The molecule has 0 fully saturated rings. The van der Waals surface area contributed by atoms with Crippen LogP contribution in [-0.4, -0.2) is 82.6 Å². The van der Waals surface area contributed by atoms with E-state index in [9.17, 15) is 28.4 Å². The lowest BCUT2D eigenvalue weighted by Gasteiger charge is -2.24. The number of thiazole rings is 1. The van der Waals surface area contributed by atoms with Crippen LogP contribution >= 0.6 is 11.3 Å². The number of hydrogen-bond acceptors (Lipinski definition) is 8. The van der Waals surface area contributed by atoms with Gasteiger partial charge in [0.15, 0.2) is 4.96 Å². The minimum absolute atomic E-state index is 0.00863. The minimum Gasteiger partial charge on any atom is -0.491 e. The van der Waals surface area contributed by atoms with Crippen LogP contribution in [0.15, 0.2) is 36.0 Å². The van der Waals surface area contributed by atoms with Crippen molar-refractivity contribution in [3.8, 4) is 5.75 Å². The van der Waals surface area contributed by atoms with Gasteiger partial charge in [0.2, 0.25) is 17.7 Å². The first-order valence-electron chi connectivity index (χ1n) is 13.0. The smallest absolute Gasteiger partial charge is 0.274 e. The second-order valence-electron chi connectivity index (χ2n) is 9.28. The number of primary amides is 1. The molecule has 5 N–H and O–H groups in total. The minimum atomic E-state index is -1.17. The summed E-state index contributed by atoms with van der Waals surface area (Å²) in [5, 5.41) is 9.75. The van der Waals surface area contributed by atoms with Crippen LogP contribution in [0, 0.1) is 5.82 Å². The molecule has 0 aliphatic carbocycles. The molecule has 1 atom stereocenters. The Morgan fingerprint density at radius 2 is 2.00 bits per heavy atom. The number of carbonyl (C=O) groups excluding carboxylic acids is 5. The molecule has 3 aromatic rings. The number of fused-ring (bicyclic) bond motifs is 2. The Labute approximate surface area is 238 Å². The maximum absolute atomic E-state index is 14.0. The standard InChI is InChI=1S/C26H30FN7O6S/c27-16-3-5-20-17(14-16)23(37)31-18(4-6-21(28)35)24(38)30-7-10-33(9-1-2-22(36)29-8-12-40-20)25(39)19-15-34-11-13-41-26(34)32-19/h3,5,11,13-15,18H,1-2,4,6-10,12H2,(H2,28,35)(H,29,36)(H,30,38)(H,31,37)/t18-/m0/s1. The van der Waals surface area contributed by atoms with Crippen molar-refractivity contribution in [3.63, 3.8) is 0 Å². The number of carbonyl (C=O) groups is 5. The Hall–Kier alpha value is -4.53. The SMILES string of the molecule is NC(=O)CC[C@@H]1NC(=O)c2cc(F)ccc2OCCNC(=O)CCCN(C(=O)c2cn3ccsc3n2)CCNC1=O. The molecule has 3 heterocycles. The van der Waals surface area contributed by atoms with E-state index in [2.05, 4.69) is 20.9 Å². The molecular weight excluding hydrogens is 557 g/mol. The number of nitrogens with zero attached hydrogens (tertiary/aromatic N) is 3. The Morgan fingerprint density at radius 1 is 1.17 bits per heavy atom. The molecule has 1 aliphatic rings. The predicted octanol–water partition coefficient (Wildman–Crippen LogP) is 0.446. The van der Waals surface area contributed by atoms with Gasteiger partial charge in [-0.25, -0.2) is 9.37 Å². The number of nitrogens with two attached hydrogens (primary N) is 1. The lowest BCUT2D eigenvalue weighted by molar-refractivity contribution is -0.123. The molecular formula is C26H30FN7O6S. The first-order valence-corrected chi connectivity index (χ1v) is 13.9. The van der Waals surface area contributed by atoms with E-state index in [1.54, 1.807) is 16.8 Å². The molecule has 0 unspecified atom stereocenters. The first kappa shape index (κ1) is 29.5. The molecule has 4 rings (SSSR count). The lowest BCUT2D eigenvalue weighted by atomic mass is 10.1. The summed E-state index contributed by atoms with van der Waals surface area (Å²) >= 11 is 1.38. The van der Waals surface area contributed by atoms with Gasteiger partial charge in [0, 0.05) is 50.2 Å². The van der Waals surface area contributed by atoms with Crippen LogP contribution in [0.2, 0.25) is 0 Å². The maximum atomic E-state index is 14.0. The number of nitrogens with one attached hydrogen (secondary N) is 3. The van der Waals surface area contributed by atoms with Crippen LogP contribution in [0.3, 0.4) is 0 Å². The van der Waals surface area contributed by atoms with Gasteiger partial charge in [0.05, 0.1) is 12.1 Å². The Bertz CT molecular complexity index is 1410. The quantitative estimate of drug-likeness (QED) is 0.342. The summed E-state index contributed by atoms with van der Waals surface area (Å²) in [6, 6.07) is 2.19. The third-order valence-corrected chi connectivity index (χ3v) is 7.05. The highest BCUT2D eigenvalue weighted by atomic mass is 32.1. The molecule has 2 aromatic heterocycles. The van der Waals surface area contributed by atoms with Gasteiger partial charge in [-0.1, -0.05) is 0 Å². The topological polar surface area (TPSA) is 177 Å². The second-order valence-corrected chi connectivity index (χ2v) is 10.1. The van der Waals surface area contributed by atoms with E-state index in [1.165, 1.54) is 22.3 Å². The van der Waals surface area contributed by atoms with Crippen LogP contribution in [0.25, 0.3) is 4.96 Å². The Kier molecular flexibility index (Phi) is 9.84. The number of aromatic nitrogens is 2. The average Bonchev–Trinajstić information content (AvgIpc) is 3.55. The highest BCUT2D eigenvalue weighted by molar-refractivity contribution is 7.15. The van der Waals surface area contributed by atoms with Crippen molar-refractivity contribution >= 4 is 45.8 Å². The van der Waals surface area contributed by atoms with E-state index in [-0.39, 0.29) is 80.9 Å². The molecule has 0 radical (unpaired) electrons. The van der Waals surface area contributed by atoms with E-state index in [0.29, 0.717) is 11.4 Å². The molecule has 0 spiro atoms. The van der Waals surface area contributed by atoms with Crippen molar-refractivity contribution in [1.82, 2.24) is 30.2 Å². The van der Waals surface area contributed by atoms with Crippen LogP contribution < -0.4 is 26.4 Å². The highest BCUT2D eigenvalue weighted by Crippen LogP contribution is 2.20. The number of benzene rings is 1. The van der Waals surface area contributed by atoms with Gasteiger partial charge in [0.25, 0.3) is 11.8 Å². The first-order chi connectivity index (χ1) is 19.7. The number of imidazole rings is 1. The van der Waals surface area contributed by atoms with Gasteiger partial charge >= 0.3 is 0 Å². The fraction of sp³-hybridized carbons (Fsp3) is 0.385. The van der Waals surface area contributed by atoms with Crippen molar-refractivity contribution in [3.05, 3.63) is 53.0 Å². The number of hydrogen-bond donors (Lipinski definition) is 4. The van der Waals surface area contributed by atoms with Gasteiger partial charge in [-0.2, -0.15) is 0 Å². The third kappa shape index (κ3) is 8.00. The molecule has 0 saturated heterocycles. The van der Waals surface area contributed by atoms with Gasteiger partial charge < -0.3 is 31.3 Å². The van der Waals surface area contributed by atoms with Crippen LogP contribution in [0.1, 0.15) is 46.5 Å². The summed E-state index contributed by atoms with van der Waals surface area (Å²) in [5.74, 6) is -3.34. The molecule has 218 valence electrons. The molecule has 1 aliphatic heterocycles. The Balaban J connectivity index is 1.53. The van der Waals surface area contributed by atoms with Crippen molar-refractivity contribution in [2.45, 2.75) is 31.7 Å². The van der Waals surface area contributed by atoms with Crippen molar-refractivity contribution < 1.29 is 33.1 Å². The summed E-state index contributed by atoms with van der Waals surface area (Å²) in [7, 11) is 0. The van der Waals surface area contributed by atoms with Crippen molar-refractivity contribution in [1.29, 1.82) is 0 Å². The maximum Gasteiger partial charge on any atom is 0.274 e. The average molecular weight is 588 g/mol. The molecule has 1 aromatic carbocycles. The number of halogens is 1. The number of ether oxygens (including phenoxy) is 1. The summed E-state index contributed by atoms with van der Waals surface area (Å²) < 4.78 is 21.3. The molecule has 15 heteroatoms. The highest BCUT2D eigenvalue weighted by Gasteiger charge is 2.25. The predicted molar refractivity (Wildman–Crippen MR) is 146 cm³/mol. The van der Waals surface area contributed by atoms with E-state index >= 15 is 0 Å². The van der Waals surface area contributed by atoms with E-state index in [1.807, 2.05) is 5.38 Å². The monoisotopic (exact) mass is 587 g/mol. The number of rotatable bonds is 4. The van der Waals surface area contributed by atoms with Gasteiger partial charge in [0.1, 0.15) is 29.9 Å². The summed E-state index contributed by atoms with van der Waals surface area (Å²) in [5.41, 5.74) is 5.32. The fourth-order valence-electron chi connectivity index (χ4n) is 4.21.